The molecule has 0 aliphatic carbocycles. The summed E-state index contributed by atoms with van der Waals surface area (Å²) in [5.74, 6) is 1.04. The van der Waals surface area contributed by atoms with Crippen molar-refractivity contribution >= 4 is 17.5 Å². The number of halogens is 1. The summed E-state index contributed by atoms with van der Waals surface area (Å²) in [6.45, 7) is 10.3. The van der Waals surface area contributed by atoms with Crippen LogP contribution in [0.4, 0.5) is 5.95 Å². The lowest BCUT2D eigenvalue weighted by Gasteiger charge is -2.22. The van der Waals surface area contributed by atoms with E-state index in [9.17, 15) is 0 Å². The number of ether oxygens (including phenoxy) is 1. The van der Waals surface area contributed by atoms with Crippen molar-refractivity contribution in [2.45, 2.75) is 59.6 Å². The highest BCUT2D eigenvalue weighted by Gasteiger charge is 2.16. The molecule has 1 atom stereocenters. The molecule has 0 bridgehead atoms. The molecular weight excluding hydrogens is 264 g/mol. The molecular formula is C13H23ClN4O. The lowest BCUT2D eigenvalue weighted by molar-refractivity contribution is 0.221. The predicted molar refractivity (Wildman–Crippen MR) is 77.8 cm³/mol. The first-order chi connectivity index (χ1) is 8.96. The van der Waals surface area contributed by atoms with Crippen molar-refractivity contribution in [3.05, 3.63) is 5.28 Å². The lowest BCUT2D eigenvalue weighted by atomic mass is 9.96. The highest BCUT2D eigenvalue weighted by atomic mass is 35.5. The fourth-order valence-electron chi connectivity index (χ4n) is 1.98. The van der Waals surface area contributed by atoms with Crippen LogP contribution in [0.25, 0.3) is 0 Å². The number of nitrogens with one attached hydrogen (secondary N) is 1. The SMILES string of the molecule is CCC(CC)C(C)Nc1nc(Cl)nc(OC(C)C)n1. The average Bonchev–Trinajstić information content (AvgIpc) is 2.28. The van der Waals surface area contributed by atoms with Crippen LogP contribution in [0.1, 0.15) is 47.5 Å². The Morgan fingerprint density at radius 1 is 1.11 bits per heavy atom. The summed E-state index contributed by atoms with van der Waals surface area (Å²) in [5, 5.41) is 3.42. The Hall–Kier alpha value is -1.10. The van der Waals surface area contributed by atoms with Gasteiger partial charge in [0.05, 0.1) is 6.10 Å². The zero-order valence-corrected chi connectivity index (χ0v) is 13.0. The maximum Gasteiger partial charge on any atom is 0.322 e. The third kappa shape index (κ3) is 5.19. The largest absolute Gasteiger partial charge is 0.461 e. The van der Waals surface area contributed by atoms with Gasteiger partial charge in [-0.25, -0.2) is 0 Å². The quantitative estimate of drug-likeness (QED) is 0.830. The van der Waals surface area contributed by atoms with Crippen molar-refractivity contribution in [1.82, 2.24) is 15.0 Å². The van der Waals surface area contributed by atoms with E-state index in [1.54, 1.807) is 0 Å². The van der Waals surface area contributed by atoms with Crippen LogP contribution >= 0.6 is 11.6 Å². The van der Waals surface area contributed by atoms with Crippen LogP contribution in [-0.4, -0.2) is 27.1 Å². The number of hydrogen-bond acceptors (Lipinski definition) is 5. The van der Waals surface area contributed by atoms with Gasteiger partial charge in [0.2, 0.25) is 11.2 Å². The summed E-state index contributed by atoms with van der Waals surface area (Å²) in [7, 11) is 0. The average molecular weight is 287 g/mol. The van der Waals surface area contributed by atoms with Crippen molar-refractivity contribution in [3.63, 3.8) is 0 Å². The van der Waals surface area contributed by atoms with Gasteiger partial charge in [0.1, 0.15) is 0 Å². The minimum atomic E-state index is 0.00257. The minimum absolute atomic E-state index is 0.00257. The van der Waals surface area contributed by atoms with E-state index in [2.05, 4.69) is 41.0 Å². The van der Waals surface area contributed by atoms with Gasteiger partial charge in [-0.05, 0) is 38.3 Å². The molecule has 0 saturated carbocycles. The summed E-state index contributed by atoms with van der Waals surface area (Å²) in [6, 6.07) is 0.537. The Morgan fingerprint density at radius 3 is 2.26 bits per heavy atom. The number of aromatic nitrogens is 3. The summed E-state index contributed by atoms with van der Waals surface area (Å²) in [4.78, 5) is 12.3. The molecule has 0 spiro atoms. The maximum absolute atomic E-state index is 5.88. The van der Waals surface area contributed by atoms with E-state index in [1.165, 1.54) is 0 Å². The van der Waals surface area contributed by atoms with Gasteiger partial charge in [-0.15, -0.1) is 0 Å². The molecule has 0 aliphatic heterocycles. The zero-order valence-electron chi connectivity index (χ0n) is 12.3. The second-order valence-electron chi connectivity index (χ2n) is 4.89. The van der Waals surface area contributed by atoms with E-state index < -0.39 is 0 Å². The van der Waals surface area contributed by atoms with Gasteiger partial charge < -0.3 is 10.1 Å². The van der Waals surface area contributed by atoms with Gasteiger partial charge in [-0.3, -0.25) is 0 Å². The maximum atomic E-state index is 5.88. The van der Waals surface area contributed by atoms with Crippen LogP contribution in [0.15, 0.2) is 0 Å². The lowest BCUT2D eigenvalue weighted by Crippen LogP contribution is -2.26. The summed E-state index contributed by atoms with van der Waals surface area (Å²) >= 11 is 5.88. The molecule has 6 heteroatoms. The summed E-state index contributed by atoms with van der Waals surface area (Å²) < 4.78 is 5.44. The normalized spacial score (nSPS) is 12.8. The standard InChI is InChI=1S/C13H23ClN4O/c1-6-10(7-2)9(5)15-12-16-11(14)17-13(18-12)19-8(3)4/h8-10H,6-7H2,1-5H3,(H,15,16,17,18). The molecule has 0 aromatic carbocycles. The minimum Gasteiger partial charge on any atom is -0.461 e. The van der Waals surface area contributed by atoms with E-state index in [0.29, 0.717) is 11.9 Å². The Balaban J connectivity index is 2.80. The third-order valence-electron chi connectivity index (χ3n) is 3.04. The fourth-order valence-corrected chi connectivity index (χ4v) is 2.13. The molecule has 0 aliphatic rings. The fraction of sp³-hybridized carbons (Fsp3) is 0.769. The second-order valence-corrected chi connectivity index (χ2v) is 5.22. The molecule has 1 heterocycles. The molecule has 0 amide bonds. The molecule has 19 heavy (non-hydrogen) atoms. The van der Waals surface area contributed by atoms with Gasteiger partial charge in [-0.1, -0.05) is 26.7 Å². The number of anilines is 1. The second kappa shape index (κ2) is 7.48. The van der Waals surface area contributed by atoms with Gasteiger partial charge in [0.15, 0.2) is 0 Å². The summed E-state index contributed by atoms with van der Waals surface area (Å²) in [5.41, 5.74) is 0. The molecule has 1 rings (SSSR count). The highest BCUT2D eigenvalue weighted by molar-refractivity contribution is 6.28. The third-order valence-corrected chi connectivity index (χ3v) is 3.21. The smallest absolute Gasteiger partial charge is 0.322 e. The van der Waals surface area contributed by atoms with E-state index in [0.717, 1.165) is 12.8 Å². The first kappa shape index (κ1) is 16.0. The van der Waals surface area contributed by atoms with Gasteiger partial charge in [-0.2, -0.15) is 15.0 Å². The van der Waals surface area contributed by atoms with E-state index in [1.807, 2.05) is 13.8 Å². The number of hydrogen-bond donors (Lipinski definition) is 1. The molecule has 0 radical (unpaired) electrons. The Morgan fingerprint density at radius 2 is 1.74 bits per heavy atom. The van der Waals surface area contributed by atoms with Crippen LogP contribution < -0.4 is 10.1 Å². The van der Waals surface area contributed by atoms with Gasteiger partial charge in [0, 0.05) is 6.04 Å². The topological polar surface area (TPSA) is 59.9 Å². The Bertz CT molecular complexity index is 396. The van der Waals surface area contributed by atoms with Crippen LogP contribution in [-0.2, 0) is 0 Å². The Labute approximate surface area is 120 Å². The molecule has 5 nitrogen and oxygen atoms in total. The molecule has 1 N–H and O–H groups in total. The van der Waals surface area contributed by atoms with Crippen LogP contribution in [0, 0.1) is 5.92 Å². The van der Waals surface area contributed by atoms with Crippen molar-refractivity contribution in [2.24, 2.45) is 5.92 Å². The van der Waals surface area contributed by atoms with Crippen LogP contribution in [0.5, 0.6) is 6.01 Å². The van der Waals surface area contributed by atoms with Crippen molar-refractivity contribution < 1.29 is 4.74 Å². The molecule has 1 aromatic rings. The van der Waals surface area contributed by atoms with E-state index in [-0.39, 0.29) is 23.4 Å². The monoisotopic (exact) mass is 286 g/mol. The van der Waals surface area contributed by atoms with Gasteiger partial charge in [0.25, 0.3) is 0 Å². The molecule has 1 unspecified atom stereocenters. The number of rotatable bonds is 7. The Kier molecular flexibility index (Phi) is 6.28. The molecule has 0 saturated heterocycles. The predicted octanol–water partition coefficient (Wildman–Crippen LogP) is 3.55. The van der Waals surface area contributed by atoms with Gasteiger partial charge >= 0.3 is 6.01 Å². The zero-order chi connectivity index (χ0) is 14.4. The number of nitrogens with zero attached hydrogens (tertiary/aromatic N) is 3. The first-order valence-corrected chi connectivity index (χ1v) is 7.18. The van der Waals surface area contributed by atoms with Crippen LogP contribution in [0.2, 0.25) is 5.28 Å². The van der Waals surface area contributed by atoms with Crippen molar-refractivity contribution in [1.29, 1.82) is 0 Å². The highest BCUT2D eigenvalue weighted by Crippen LogP contribution is 2.18. The van der Waals surface area contributed by atoms with Crippen molar-refractivity contribution in [2.75, 3.05) is 5.32 Å². The first-order valence-electron chi connectivity index (χ1n) is 6.81. The molecule has 108 valence electrons. The molecule has 1 aromatic heterocycles. The van der Waals surface area contributed by atoms with Crippen molar-refractivity contribution in [3.8, 4) is 6.01 Å². The van der Waals surface area contributed by atoms with E-state index in [4.69, 9.17) is 16.3 Å². The molecule has 0 fully saturated rings. The van der Waals surface area contributed by atoms with E-state index >= 15 is 0 Å². The summed E-state index contributed by atoms with van der Waals surface area (Å²) in [6.07, 6.45) is 2.22. The van der Waals surface area contributed by atoms with Crippen LogP contribution in [0.3, 0.4) is 0 Å².